The maximum atomic E-state index is 6.01. The summed E-state index contributed by atoms with van der Waals surface area (Å²) in [6.45, 7) is 12.5. The largest absolute Gasteiger partial charge is 0.493 e. The summed E-state index contributed by atoms with van der Waals surface area (Å²) in [5.74, 6) is 1.46. The third kappa shape index (κ3) is 3.75. The van der Waals surface area contributed by atoms with Gasteiger partial charge >= 0.3 is 0 Å². The van der Waals surface area contributed by atoms with Crippen molar-refractivity contribution in [2.75, 3.05) is 51.3 Å². The van der Waals surface area contributed by atoms with Crippen LogP contribution in [0.2, 0.25) is 0 Å². The van der Waals surface area contributed by atoms with Crippen LogP contribution in [0, 0.1) is 5.92 Å². The Kier molecular flexibility index (Phi) is 4.98. The summed E-state index contributed by atoms with van der Waals surface area (Å²) < 4.78 is 11.2. The van der Waals surface area contributed by atoms with Crippen molar-refractivity contribution < 1.29 is 9.47 Å². The quantitative estimate of drug-likeness (QED) is 0.814. The molecule has 2 fully saturated rings. The van der Waals surface area contributed by atoms with Gasteiger partial charge in [-0.2, -0.15) is 0 Å². The number of benzene rings is 2. The molecule has 0 bridgehead atoms. The summed E-state index contributed by atoms with van der Waals surface area (Å²) in [7, 11) is 0. The Labute approximate surface area is 173 Å². The van der Waals surface area contributed by atoms with Crippen LogP contribution in [0.4, 0.5) is 11.4 Å². The first-order chi connectivity index (χ1) is 14.1. The number of fused-ring (bicyclic) bond motifs is 2. The summed E-state index contributed by atoms with van der Waals surface area (Å²) in [4.78, 5) is 2.53. The lowest BCUT2D eigenvalue weighted by atomic mass is 9.74. The van der Waals surface area contributed by atoms with E-state index in [1.807, 2.05) is 0 Å². The van der Waals surface area contributed by atoms with Gasteiger partial charge in [-0.3, -0.25) is 4.90 Å². The number of ether oxygens (including phenoxy) is 2. The average Bonchev–Trinajstić information content (AvgIpc) is 2.68. The molecule has 5 heteroatoms. The molecule has 5 rings (SSSR count). The van der Waals surface area contributed by atoms with Crippen molar-refractivity contribution in [3.05, 3.63) is 53.1 Å². The molecule has 3 aliphatic heterocycles. The number of rotatable bonds is 5. The van der Waals surface area contributed by atoms with Gasteiger partial charge in [0.25, 0.3) is 0 Å². The molecule has 0 aromatic heterocycles. The molecular formula is C24H31N3O2. The van der Waals surface area contributed by atoms with Gasteiger partial charge in [0.15, 0.2) is 0 Å². The van der Waals surface area contributed by atoms with Crippen molar-refractivity contribution >= 4 is 11.4 Å². The first kappa shape index (κ1) is 18.9. The van der Waals surface area contributed by atoms with E-state index in [-0.39, 0.29) is 5.41 Å². The molecule has 2 saturated heterocycles. The van der Waals surface area contributed by atoms with Gasteiger partial charge in [-0.15, -0.1) is 0 Å². The zero-order valence-corrected chi connectivity index (χ0v) is 17.5. The maximum Gasteiger partial charge on any atom is 0.121 e. The van der Waals surface area contributed by atoms with E-state index in [1.165, 1.54) is 22.4 Å². The van der Waals surface area contributed by atoms with Crippen LogP contribution >= 0.6 is 0 Å². The SMILES string of the molecule is CC1(C)c2ccc(OCC3COC3)cc2Nc2ccc(CN3CCNCC3)cc21. The first-order valence-corrected chi connectivity index (χ1v) is 10.8. The lowest BCUT2D eigenvalue weighted by Gasteiger charge is -2.36. The normalized spacial score (nSPS) is 20.9. The number of nitrogens with one attached hydrogen (secondary N) is 2. The number of hydrogen-bond acceptors (Lipinski definition) is 5. The van der Waals surface area contributed by atoms with Crippen molar-refractivity contribution in [1.29, 1.82) is 0 Å². The molecule has 154 valence electrons. The summed E-state index contributed by atoms with van der Waals surface area (Å²) in [5.41, 5.74) is 6.40. The van der Waals surface area contributed by atoms with E-state index in [2.05, 4.69) is 65.8 Å². The third-order valence-corrected chi connectivity index (χ3v) is 6.50. The molecule has 5 nitrogen and oxygen atoms in total. The highest BCUT2D eigenvalue weighted by molar-refractivity contribution is 5.76. The Morgan fingerprint density at radius 2 is 1.86 bits per heavy atom. The Bertz CT molecular complexity index is 886. The van der Waals surface area contributed by atoms with Gasteiger partial charge < -0.3 is 20.1 Å². The average molecular weight is 394 g/mol. The summed E-state index contributed by atoms with van der Waals surface area (Å²) in [6, 6.07) is 13.4. The predicted molar refractivity (Wildman–Crippen MR) is 116 cm³/mol. The van der Waals surface area contributed by atoms with E-state index in [0.29, 0.717) is 5.92 Å². The minimum absolute atomic E-state index is 0.0459. The molecule has 0 unspecified atom stereocenters. The zero-order valence-electron chi connectivity index (χ0n) is 17.5. The molecule has 2 N–H and O–H groups in total. The number of piperazine rings is 1. The zero-order chi connectivity index (χ0) is 19.8. The highest BCUT2D eigenvalue weighted by Crippen LogP contribution is 2.46. The van der Waals surface area contributed by atoms with E-state index in [4.69, 9.17) is 9.47 Å². The fourth-order valence-corrected chi connectivity index (χ4v) is 4.59. The summed E-state index contributed by atoms with van der Waals surface area (Å²) >= 11 is 0. The van der Waals surface area contributed by atoms with Crippen molar-refractivity contribution in [3.63, 3.8) is 0 Å². The smallest absolute Gasteiger partial charge is 0.121 e. The van der Waals surface area contributed by atoms with Crippen LogP contribution in [0.3, 0.4) is 0 Å². The van der Waals surface area contributed by atoms with Gasteiger partial charge in [0.2, 0.25) is 0 Å². The minimum Gasteiger partial charge on any atom is -0.493 e. The molecule has 0 radical (unpaired) electrons. The molecular weight excluding hydrogens is 362 g/mol. The predicted octanol–water partition coefficient (Wildman–Crippen LogP) is 3.50. The Balaban J connectivity index is 1.37. The lowest BCUT2D eigenvalue weighted by molar-refractivity contribution is -0.0508. The van der Waals surface area contributed by atoms with Crippen LogP contribution in [0.15, 0.2) is 36.4 Å². The van der Waals surface area contributed by atoms with E-state index >= 15 is 0 Å². The van der Waals surface area contributed by atoms with Gasteiger partial charge in [0.1, 0.15) is 5.75 Å². The van der Waals surface area contributed by atoms with Crippen LogP contribution in [-0.4, -0.2) is 50.9 Å². The van der Waals surface area contributed by atoms with E-state index in [0.717, 1.165) is 64.0 Å². The molecule has 0 atom stereocenters. The Morgan fingerprint density at radius 3 is 2.62 bits per heavy atom. The van der Waals surface area contributed by atoms with E-state index in [9.17, 15) is 0 Å². The topological polar surface area (TPSA) is 45.8 Å². The van der Waals surface area contributed by atoms with Gasteiger partial charge in [-0.1, -0.05) is 32.0 Å². The molecule has 3 heterocycles. The number of nitrogens with zero attached hydrogens (tertiary/aromatic N) is 1. The second-order valence-corrected chi connectivity index (χ2v) is 9.08. The van der Waals surface area contributed by atoms with Crippen LogP contribution in [0.5, 0.6) is 5.75 Å². The fourth-order valence-electron chi connectivity index (χ4n) is 4.59. The van der Waals surface area contributed by atoms with Crippen LogP contribution in [0.1, 0.15) is 30.5 Å². The van der Waals surface area contributed by atoms with Gasteiger partial charge in [-0.25, -0.2) is 0 Å². The maximum absolute atomic E-state index is 6.01. The molecule has 0 saturated carbocycles. The summed E-state index contributed by atoms with van der Waals surface area (Å²) in [6.07, 6.45) is 0. The fraction of sp³-hybridized carbons (Fsp3) is 0.500. The molecule has 2 aromatic rings. The Hall–Kier alpha value is -2.08. The standard InChI is InChI=1S/C24H31N3O2/c1-24(2)20-5-4-19(29-16-18-14-28-15-18)12-23(20)26-22-6-3-17(11-21(22)24)13-27-9-7-25-8-10-27/h3-6,11-12,18,25-26H,7-10,13-16H2,1-2H3. The van der Waals surface area contributed by atoms with E-state index in [1.54, 1.807) is 0 Å². The van der Waals surface area contributed by atoms with Crippen molar-refractivity contribution in [2.24, 2.45) is 5.92 Å². The first-order valence-electron chi connectivity index (χ1n) is 10.8. The second-order valence-electron chi connectivity index (χ2n) is 9.08. The number of hydrogen-bond donors (Lipinski definition) is 2. The van der Waals surface area contributed by atoms with Crippen molar-refractivity contribution in [3.8, 4) is 5.75 Å². The monoisotopic (exact) mass is 393 g/mol. The molecule has 0 spiro atoms. The minimum atomic E-state index is -0.0459. The van der Waals surface area contributed by atoms with Crippen molar-refractivity contribution in [2.45, 2.75) is 25.8 Å². The molecule has 29 heavy (non-hydrogen) atoms. The van der Waals surface area contributed by atoms with Crippen molar-refractivity contribution in [1.82, 2.24) is 10.2 Å². The van der Waals surface area contributed by atoms with Gasteiger partial charge in [0.05, 0.1) is 19.8 Å². The summed E-state index contributed by atoms with van der Waals surface area (Å²) in [5, 5.41) is 7.09. The van der Waals surface area contributed by atoms with Crippen LogP contribution in [-0.2, 0) is 16.7 Å². The Morgan fingerprint density at radius 1 is 1.03 bits per heavy atom. The van der Waals surface area contributed by atoms with Gasteiger partial charge in [-0.05, 0) is 28.8 Å². The van der Waals surface area contributed by atoms with Crippen LogP contribution in [0.25, 0.3) is 0 Å². The third-order valence-electron chi connectivity index (χ3n) is 6.50. The highest BCUT2D eigenvalue weighted by Gasteiger charge is 2.33. The molecule has 2 aromatic carbocycles. The number of anilines is 2. The molecule has 0 amide bonds. The second kappa shape index (κ2) is 7.63. The highest BCUT2D eigenvalue weighted by atomic mass is 16.5. The van der Waals surface area contributed by atoms with E-state index < -0.39 is 0 Å². The lowest BCUT2D eigenvalue weighted by Crippen LogP contribution is -2.42. The molecule has 3 aliphatic rings. The van der Waals surface area contributed by atoms with Gasteiger partial charge in [0, 0.05) is 61.5 Å². The molecule has 0 aliphatic carbocycles. The van der Waals surface area contributed by atoms with Crippen LogP contribution < -0.4 is 15.4 Å².